The van der Waals surface area contributed by atoms with Gasteiger partial charge in [-0.3, -0.25) is 14.5 Å². The van der Waals surface area contributed by atoms with Gasteiger partial charge in [0.1, 0.15) is 11.6 Å². The van der Waals surface area contributed by atoms with Crippen LogP contribution < -0.4 is 9.47 Å². The Morgan fingerprint density at radius 3 is 2.46 bits per heavy atom. The highest BCUT2D eigenvalue weighted by Gasteiger charge is 2.47. The van der Waals surface area contributed by atoms with Crippen LogP contribution in [0.3, 0.4) is 0 Å². The van der Waals surface area contributed by atoms with Crippen LogP contribution >= 0.6 is 0 Å². The number of hydrogen-bond acceptors (Lipinski definition) is 6. The lowest BCUT2D eigenvalue weighted by Crippen LogP contribution is -2.44. The van der Waals surface area contributed by atoms with Gasteiger partial charge in [-0.05, 0) is 37.8 Å². The van der Waals surface area contributed by atoms with Gasteiger partial charge in [0, 0.05) is 25.7 Å². The van der Waals surface area contributed by atoms with Gasteiger partial charge >= 0.3 is 5.97 Å². The lowest BCUT2D eigenvalue weighted by atomic mass is 9.76. The van der Waals surface area contributed by atoms with Gasteiger partial charge in [0.05, 0.1) is 14.2 Å². The van der Waals surface area contributed by atoms with Gasteiger partial charge < -0.3 is 19.5 Å². The van der Waals surface area contributed by atoms with Gasteiger partial charge in [0.2, 0.25) is 11.8 Å². The molecule has 1 spiro atoms. The molecule has 26 heavy (non-hydrogen) atoms. The normalized spacial score (nSPS) is 22.4. The summed E-state index contributed by atoms with van der Waals surface area (Å²) < 4.78 is 10.3. The lowest BCUT2D eigenvalue weighted by molar-refractivity contribution is -0.141. The third kappa shape index (κ3) is 3.33. The number of ether oxygens (including phenoxy) is 2. The topological polar surface area (TPSA) is 92.2 Å². The number of piperidine rings is 1. The van der Waals surface area contributed by atoms with E-state index in [-0.39, 0.29) is 17.2 Å². The third-order valence-corrected chi connectivity index (χ3v) is 5.61. The summed E-state index contributed by atoms with van der Waals surface area (Å²) >= 11 is 0. The number of hydrogen-bond donors (Lipinski definition) is 1. The Bertz CT molecular complexity index is 700. The Morgan fingerprint density at radius 1 is 1.23 bits per heavy atom. The molecular weight excluding hydrogens is 338 g/mol. The first-order valence-corrected chi connectivity index (χ1v) is 8.70. The summed E-state index contributed by atoms with van der Waals surface area (Å²) in [6.45, 7) is 1.97. The van der Waals surface area contributed by atoms with E-state index in [4.69, 9.17) is 9.47 Å². The van der Waals surface area contributed by atoms with Crippen molar-refractivity contribution >= 4 is 11.9 Å². The van der Waals surface area contributed by atoms with E-state index >= 15 is 0 Å². The Hall–Kier alpha value is -2.35. The number of carboxylic acids is 1. The zero-order valence-corrected chi connectivity index (χ0v) is 15.4. The Kier molecular flexibility index (Phi) is 5.04. The van der Waals surface area contributed by atoms with Crippen LogP contribution in [0.4, 0.5) is 0 Å². The molecule has 3 heterocycles. The number of rotatable bonds is 4. The molecule has 8 nitrogen and oxygen atoms in total. The fourth-order valence-corrected chi connectivity index (χ4v) is 4.12. The summed E-state index contributed by atoms with van der Waals surface area (Å²) in [7, 11) is 4.85. The summed E-state index contributed by atoms with van der Waals surface area (Å²) in [5.74, 6) is -0.240. The monoisotopic (exact) mass is 363 g/mol. The maximum atomic E-state index is 12.9. The molecule has 0 radical (unpaired) electrons. The first-order valence-electron chi connectivity index (χ1n) is 8.70. The molecule has 1 amide bonds. The molecule has 1 aromatic heterocycles. The second-order valence-corrected chi connectivity index (χ2v) is 7.18. The van der Waals surface area contributed by atoms with E-state index in [0.717, 1.165) is 19.4 Å². The van der Waals surface area contributed by atoms with Crippen molar-refractivity contribution in [1.82, 2.24) is 14.8 Å². The number of aliphatic carboxylic acids is 1. The highest BCUT2D eigenvalue weighted by molar-refractivity contribution is 5.96. The number of aromatic nitrogens is 1. The first-order chi connectivity index (χ1) is 12.4. The van der Waals surface area contributed by atoms with Gasteiger partial charge in [0.25, 0.3) is 5.91 Å². The summed E-state index contributed by atoms with van der Waals surface area (Å²) in [5, 5.41) is 9.35. The maximum absolute atomic E-state index is 12.9. The van der Waals surface area contributed by atoms with Crippen molar-refractivity contribution in [2.24, 2.45) is 5.41 Å². The number of carbonyl (C=O) groups excluding carboxylic acids is 1. The van der Waals surface area contributed by atoms with Crippen LogP contribution in [-0.4, -0.2) is 78.7 Å². The first kappa shape index (κ1) is 18.4. The van der Waals surface area contributed by atoms with Crippen molar-refractivity contribution < 1.29 is 24.2 Å². The fraction of sp³-hybridized carbons (Fsp3) is 0.611. The molecule has 0 saturated carbocycles. The number of carboxylic acid groups (broad SMARTS) is 1. The second-order valence-electron chi connectivity index (χ2n) is 7.18. The van der Waals surface area contributed by atoms with E-state index in [9.17, 15) is 14.7 Å². The molecule has 2 saturated heterocycles. The van der Waals surface area contributed by atoms with E-state index in [1.54, 1.807) is 17.0 Å². The van der Waals surface area contributed by atoms with Crippen molar-refractivity contribution in [2.45, 2.75) is 25.3 Å². The highest BCUT2D eigenvalue weighted by atomic mass is 16.5. The minimum Gasteiger partial charge on any atom is -0.481 e. The number of methoxy groups -OCH3 is 2. The van der Waals surface area contributed by atoms with Gasteiger partial charge in [-0.1, -0.05) is 0 Å². The van der Waals surface area contributed by atoms with E-state index < -0.39 is 12.0 Å². The third-order valence-electron chi connectivity index (χ3n) is 5.61. The van der Waals surface area contributed by atoms with Gasteiger partial charge in [-0.25, -0.2) is 0 Å². The standard InChI is InChI=1S/C18H25N3O5/c1-20-11-18(10-13(20)17(23)24)6-8-21(9-7-18)16(22)12-4-5-14(25-2)19-15(12)26-3/h4-5,13H,6-11H2,1-3H3,(H,23,24)/t13-/m1/s1. The predicted octanol–water partition coefficient (Wildman–Crippen LogP) is 1.11. The van der Waals surface area contributed by atoms with Crippen LogP contribution in [0.1, 0.15) is 29.6 Å². The average Bonchev–Trinajstić information content (AvgIpc) is 2.97. The quantitative estimate of drug-likeness (QED) is 0.857. The number of likely N-dealkylation sites (N-methyl/N-ethyl adjacent to an activating group) is 1. The van der Waals surface area contributed by atoms with Crippen molar-refractivity contribution in [2.75, 3.05) is 40.9 Å². The molecule has 2 aliphatic heterocycles. The highest BCUT2D eigenvalue weighted by Crippen LogP contribution is 2.43. The summed E-state index contributed by atoms with van der Waals surface area (Å²) in [5.41, 5.74) is 0.396. The van der Waals surface area contributed by atoms with E-state index in [2.05, 4.69) is 4.98 Å². The van der Waals surface area contributed by atoms with Gasteiger partial charge in [0.15, 0.2) is 0 Å². The number of amides is 1. The number of pyridine rings is 1. The molecule has 1 aromatic rings. The number of likely N-dealkylation sites (tertiary alicyclic amines) is 2. The Labute approximate surface area is 152 Å². The van der Waals surface area contributed by atoms with E-state index in [1.165, 1.54) is 14.2 Å². The van der Waals surface area contributed by atoms with E-state index in [1.807, 2.05) is 11.9 Å². The van der Waals surface area contributed by atoms with Crippen LogP contribution in [-0.2, 0) is 4.79 Å². The summed E-state index contributed by atoms with van der Waals surface area (Å²) in [4.78, 5) is 32.1. The largest absolute Gasteiger partial charge is 0.481 e. The van der Waals surface area contributed by atoms with Crippen molar-refractivity contribution in [1.29, 1.82) is 0 Å². The molecule has 0 aromatic carbocycles. The van der Waals surface area contributed by atoms with Crippen LogP contribution in [0.15, 0.2) is 12.1 Å². The van der Waals surface area contributed by atoms with Crippen LogP contribution in [0.25, 0.3) is 0 Å². The smallest absolute Gasteiger partial charge is 0.320 e. The molecule has 0 unspecified atom stereocenters. The number of nitrogens with zero attached hydrogens (tertiary/aromatic N) is 3. The molecule has 2 aliphatic rings. The molecular formula is C18H25N3O5. The molecule has 8 heteroatoms. The number of carbonyl (C=O) groups is 2. The molecule has 3 rings (SSSR count). The zero-order valence-electron chi connectivity index (χ0n) is 15.4. The molecule has 1 N–H and O–H groups in total. The molecule has 1 atom stereocenters. The summed E-state index contributed by atoms with van der Waals surface area (Å²) in [6.07, 6.45) is 2.26. The molecule has 0 aliphatic carbocycles. The van der Waals surface area contributed by atoms with Crippen molar-refractivity contribution in [3.63, 3.8) is 0 Å². The van der Waals surface area contributed by atoms with Crippen LogP contribution in [0.5, 0.6) is 11.8 Å². The molecule has 2 fully saturated rings. The SMILES string of the molecule is COc1ccc(C(=O)N2CCC3(CC2)C[C@H](C(=O)O)N(C)C3)c(OC)n1. The summed E-state index contributed by atoms with van der Waals surface area (Å²) in [6, 6.07) is 2.88. The maximum Gasteiger partial charge on any atom is 0.320 e. The molecule has 0 bridgehead atoms. The lowest BCUT2D eigenvalue weighted by Gasteiger charge is -2.39. The minimum atomic E-state index is -0.767. The second kappa shape index (κ2) is 7.11. The van der Waals surface area contributed by atoms with E-state index in [0.29, 0.717) is 31.0 Å². The van der Waals surface area contributed by atoms with Crippen LogP contribution in [0.2, 0.25) is 0 Å². The minimum absolute atomic E-state index is 0.0170. The Balaban J connectivity index is 1.69. The Morgan fingerprint density at radius 2 is 1.92 bits per heavy atom. The fourth-order valence-electron chi connectivity index (χ4n) is 4.12. The van der Waals surface area contributed by atoms with Gasteiger partial charge in [-0.15, -0.1) is 0 Å². The van der Waals surface area contributed by atoms with Crippen molar-refractivity contribution in [3.8, 4) is 11.8 Å². The average molecular weight is 363 g/mol. The molecule has 142 valence electrons. The zero-order chi connectivity index (χ0) is 18.9. The van der Waals surface area contributed by atoms with Crippen molar-refractivity contribution in [3.05, 3.63) is 17.7 Å². The van der Waals surface area contributed by atoms with Gasteiger partial charge in [-0.2, -0.15) is 4.98 Å². The predicted molar refractivity (Wildman–Crippen MR) is 93.6 cm³/mol. The van der Waals surface area contributed by atoms with Crippen LogP contribution in [0, 0.1) is 5.41 Å².